The highest BCUT2D eigenvalue weighted by Gasteiger charge is 2.47. The van der Waals surface area contributed by atoms with Gasteiger partial charge in [-0.3, -0.25) is 9.59 Å². The summed E-state index contributed by atoms with van der Waals surface area (Å²) in [5.41, 5.74) is 0. The molecule has 0 spiro atoms. The van der Waals surface area contributed by atoms with E-state index in [1.165, 1.54) is 109 Å². The number of carboxylic acid groups (broad SMARTS) is 1. The van der Waals surface area contributed by atoms with Gasteiger partial charge in [0.05, 0.1) is 6.61 Å². The van der Waals surface area contributed by atoms with Crippen molar-refractivity contribution in [3.8, 4) is 0 Å². The van der Waals surface area contributed by atoms with Crippen LogP contribution in [-0.2, 0) is 33.3 Å². The Balaban J connectivity index is 2.35. The first-order valence-electron chi connectivity index (χ1n) is 22.7. The number of aliphatic hydroxyl groups excluding tert-OH is 3. The van der Waals surface area contributed by atoms with Gasteiger partial charge in [-0.25, -0.2) is 4.79 Å². The van der Waals surface area contributed by atoms with Gasteiger partial charge in [-0.2, -0.15) is 0 Å². The molecule has 0 radical (unpaired) electrons. The van der Waals surface area contributed by atoms with E-state index in [0.29, 0.717) is 12.8 Å². The lowest BCUT2D eigenvalue weighted by Crippen LogP contribution is -2.60. The summed E-state index contributed by atoms with van der Waals surface area (Å²) in [6.45, 7) is 3.80. The van der Waals surface area contributed by atoms with Crippen molar-refractivity contribution < 1.29 is 53.8 Å². The summed E-state index contributed by atoms with van der Waals surface area (Å²) in [5.74, 6) is -2.44. The van der Waals surface area contributed by atoms with E-state index in [1.807, 2.05) is 0 Å². The van der Waals surface area contributed by atoms with Gasteiger partial charge in [0.1, 0.15) is 24.9 Å². The summed E-state index contributed by atoms with van der Waals surface area (Å²) >= 11 is 0. The van der Waals surface area contributed by atoms with Crippen molar-refractivity contribution in [2.75, 3.05) is 13.2 Å². The number of carbonyl (C=O) groups excluding carboxylic acids is 2. The average molecular weight is 799 g/mol. The summed E-state index contributed by atoms with van der Waals surface area (Å²) in [7, 11) is 0. The van der Waals surface area contributed by atoms with Crippen molar-refractivity contribution in [3.05, 3.63) is 12.2 Å². The summed E-state index contributed by atoms with van der Waals surface area (Å²) < 4.78 is 21.7. The fourth-order valence-corrected chi connectivity index (χ4v) is 6.99. The second kappa shape index (κ2) is 36.1. The van der Waals surface area contributed by atoms with Crippen LogP contribution in [0.4, 0.5) is 0 Å². The van der Waals surface area contributed by atoms with Crippen LogP contribution in [-0.4, -0.2) is 88.4 Å². The van der Waals surface area contributed by atoms with Crippen molar-refractivity contribution in [1.82, 2.24) is 0 Å². The molecule has 1 aliphatic heterocycles. The zero-order valence-electron chi connectivity index (χ0n) is 35.4. The monoisotopic (exact) mass is 799 g/mol. The van der Waals surface area contributed by atoms with Crippen LogP contribution in [0, 0.1) is 0 Å². The lowest BCUT2D eigenvalue weighted by molar-refractivity contribution is -0.298. The molecule has 6 atom stereocenters. The molecule has 1 saturated heterocycles. The SMILES string of the molecule is CCCCCC/C=C\CCCCCCCC(=O)OCC(COC1OC(C(=O)O)C(O)C(O)C1O)OC(=O)CCCCCCCCCCCCCCCCCCC. The molecule has 56 heavy (non-hydrogen) atoms. The maximum absolute atomic E-state index is 12.8. The molecule has 1 heterocycles. The lowest BCUT2D eigenvalue weighted by Gasteiger charge is -2.38. The number of hydrogen-bond donors (Lipinski definition) is 4. The Labute approximate surface area is 339 Å². The Bertz CT molecular complexity index is 989. The van der Waals surface area contributed by atoms with Gasteiger partial charge in [-0.1, -0.05) is 167 Å². The number of carboxylic acids is 1. The van der Waals surface area contributed by atoms with Crippen molar-refractivity contribution in [2.45, 2.75) is 243 Å². The van der Waals surface area contributed by atoms with Gasteiger partial charge in [0.15, 0.2) is 18.5 Å². The zero-order chi connectivity index (χ0) is 41.1. The van der Waals surface area contributed by atoms with Crippen LogP contribution in [0.5, 0.6) is 0 Å². The largest absolute Gasteiger partial charge is 0.479 e. The fourth-order valence-electron chi connectivity index (χ4n) is 6.99. The third-order valence-corrected chi connectivity index (χ3v) is 10.6. The number of carbonyl (C=O) groups is 3. The molecule has 0 bridgehead atoms. The number of ether oxygens (including phenoxy) is 4. The smallest absolute Gasteiger partial charge is 0.335 e. The van der Waals surface area contributed by atoms with Crippen molar-refractivity contribution in [3.63, 3.8) is 0 Å². The van der Waals surface area contributed by atoms with E-state index in [9.17, 15) is 34.8 Å². The van der Waals surface area contributed by atoms with Crippen LogP contribution in [0.15, 0.2) is 12.2 Å². The maximum Gasteiger partial charge on any atom is 0.335 e. The van der Waals surface area contributed by atoms with E-state index >= 15 is 0 Å². The molecule has 0 saturated carbocycles. The molecule has 0 amide bonds. The van der Waals surface area contributed by atoms with E-state index in [2.05, 4.69) is 26.0 Å². The Morgan fingerprint density at radius 2 is 0.946 bits per heavy atom. The number of hydrogen-bond acceptors (Lipinski definition) is 10. The normalized spacial score (nSPS) is 20.3. The summed E-state index contributed by atoms with van der Waals surface area (Å²) in [5, 5.41) is 39.8. The molecule has 11 nitrogen and oxygen atoms in total. The van der Waals surface area contributed by atoms with Crippen LogP contribution in [0.25, 0.3) is 0 Å². The first-order chi connectivity index (χ1) is 27.2. The molecular formula is C45H82O11. The van der Waals surface area contributed by atoms with Gasteiger partial charge in [0.25, 0.3) is 0 Å². The number of rotatable bonds is 38. The van der Waals surface area contributed by atoms with Gasteiger partial charge in [-0.15, -0.1) is 0 Å². The van der Waals surface area contributed by atoms with Gasteiger partial charge in [0.2, 0.25) is 0 Å². The first kappa shape index (κ1) is 52.0. The topological polar surface area (TPSA) is 169 Å². The molecular weight excluding hydrogens is 716 g/mol. The van der Waals surface area contributed by atoms with Crippen molar-refractivity contribution >= 4 is 17.9 Å². The van der Waals surface area contributed by atoms with Gasteiger partial charge in [0, 0.05) is 12.8 Å². The number of aliphatic carboxylic acids is 1. The minimum atomic E-state index is -1.86. The minimum absolute atomic E-state index is 0.187. The molecule has 1 rings (SSSR count). The molecule has 1 fully saturated rings. The van der Waals surface area contributed by atoms with E-state index in [-0.39, 0.29) is 26.1 Å². The quantitative estimate of drug-likeness (QED) is 0.0267. The summed E-state index contributed by atoms with van der Waals surface area (Å²) in [6.07, 6.45) is 28.3. The number of unbranched alkanes of at least 4 members (excludes halogenated alkanes) is 25. The average Bonchev–Trinajstić information content (AvgIpc) is 3.18. The molecule has 1 aliphatic rings. The van der Waals surface area contributed by atoms with Gasteiger partial charge < -0.3 is 39.4 Å². The summed E-state index contributed by atoms with van der Waals surface area (Å²) in [4.78, 5) is 36.8. The van der Waals surface area contributed by atoms with Crippen LogP contribution in [0.3, 0.4) is 0 Å². The van der Waals surface area contributed by atoms with Crippen LogP contribution >= 0.6 is 0 Å². The number of aliphatic hydroxyl groups is 3. The predicted molar refractivity (Wildman–Crippen MR) is 220 cm³/mol. The Hall–Kier alpha value is -2.05. The van der Waals surface area contributed by atoms with E-state index in [4.69, 9.17) is 18.9 Å². The highest BCUT2D eigenvalue weighted by Crippen LogP contribution is 2.23. The standard InChI is InChI=1S/C45H82O11/c1-3-5-7-9-11-13-15-17-18-19-20-22-24-26-28-30-32-34-39(47)55-37(36-54-45-42(50)40(48)41(49)43(56-45)44(51)52)35-53-38(46)33-31-29-27-25-23-21-16-14-12-10-8-6-4-2/h14,16,37,40-43,45,48-50H,3-13,15,17-36H2,1-2H3,(H,51,52)/b16-14-. The third kappa shape index (κ3) is 27.6. The van der Waals surface area contributed by atoms with Gasteiger partial charge >= 0.3 is 17.9 Å². The van der Waals surface area contributed by atoms with E-state index < -0.39 is 54.7 Å². The Kier molecular flexibility index (Phi) is 33.5. The molecule has 0 aromatic rings. The maximum atomic E-state index is 12.8. The zero-order valence-corrected chi connectivity index (χ0v) is 35.4. The molecule has 6 unspecified atom stereocenters. The summed E-state index contributed by atoms with van der Waals surface area (Å²) in [6, 6.07) is 0. The molecule has 328 valence electrons. The molecule has 0 aromatic carbocycles. The number of allylic oxidation sites excluding steroid dienone is 2. The van der Waals surface area contributed by atoms with E-state index in [1.54, 1.807) is 0 Å². The van der Waals surface area contributed by atoms with Crippen LogP contribution in [0.1, 0.15) is 206 Å². The minimum Gasteiger partial charge on any atom is -0.479 e. The highest BCUT2D eigenvalue weighted by molar-refractivity contribution is 5.73. The predicted octanol–water partition coefficient (Wildman–Crippen LogP) is 9.65. The molecule has 4 N–H and O–H groups in total. The number of esters is 2. The Morgan fingerprint density at radius 1 is 0.536 bits per heavy atom. The van der Waals surface area contributed by atoms with Crippen molar-refractivity contribution in [1.29, 1.82) is 0 Å². The lowest BCUT2D eigenvalue weighted by atomic mass is 9.99. The van der Waals surface area contributed by atoms with Gasteiger partial charge in [-0.05, 0) is 38.5 Å². The van der Waals surface area contributed by atoms with E-state index in [0.717, 1.165) is 57.8 Å². The Morgan fingerprint density at radius 3 is 1.41 bits per heavy atom. The first-order valence-corrected chi connectivity index (χ1v) is 22.7. The second-order valence-electron chi connectivity index (χ2n) is 15.9. The highest BCUT2D eigenvalue weighted by atomic mass is 16.7. The molecule has 11 heteroatoms. The van der Waals surface area contributed by atoms with Crippen molar-refractivity contribution in [2.24, 2.45) is 0 Å². The van der Waals surface area contributed by atoms with Crippen LogP contribution < -0.4 is 0 Å². The van der Waals surface area contributed by atoms with Crippen LogP contribution in [0.2, 0.25) is 0 Å². The third-order valence-electron chi connectivity index (χ3n) is 10.6. The fraction of sp³-hybridized carbons (Fsp3) is 0.889. The second-order valence-corrected chi connectivity index (χ2v) is 15.9. The molecule has 0 aliphatic carbocycles. The molecule has 0 aromatic heterocycles.